The maximum absolute atomic E-state index is 5.40. The smallest absolute Gasteiger partial charge is 0.199 e. The second-order valence-electron chi connectivity index (χ2n) is 5.28. The van der Waals surface area contributed by atoms with Gasteiger partial charge >= 0.3 is 0 Å². The Morgan fingerprint density at radius 1 is 1.00 bits per heavy atom. The molecule has 1 N–H and O–H groups in total. The molecule has 0 bridgehead atoms. The van der Waals surface area contributed by atoms with Gasteiger partial charge in [-0.05, 0) is 41.9 Å². The highest BCUT2D eigenvalue weighted by atomic mass is 32.2. The van der Waals surface area contributed by atoms with Crippen LogP contribution in [0.4, 0.5) is 0 Å². The number of benzene rings is 2. The van der Waals surface area contributed by atoms with Crippen molar-refractivity contribution in [2.75, 3.05) is 0 Å². The Kier molecular flexibility index (Phi) is 5.31. The molecular formula is C18H19N3S2. The number of thioether (sulfide) groups is 1. The van der Waals surface area contributed by atoms with E-state index in [1.807, 2.05) is 22.4 Å². The van der Waals surface area contributed by atoms with Crippen molar-refractivity contribution in [1.29, 1.82) is 0 Å². The molecule has 1 aromatic heterocycles. The van der Waals surface area contributed by atoms with Crippen molar-refractivity contribution in [3.63, 3.8) is 0 Å². The van der Waals surface area contributed by atoms with Crippen molar-refractivity contribution < 1.29 is 0 Å². The highest BCUT2D eigenvalue weighted by Crippen LogP contribution is 2.20. The third-order valence-electron chi connectivity index (χ3n) is 3.69. The lowest BCUT2D eigenvalue weighted by Crippen LogP contribution is -2.00. The lowest BCUT2D eigenvalue weighted by molar-refractivity contribution is 0.947. The fourth-order valence-electron chi connectivity index (χ4n) is 2.41. The molecule has 0 saturated carbocycles. The van der Waals surface area contributed by atoms with Crippen LogP contribution < -0.4 is 0 Å². The van der Waals surface area contributed by atoms with Crippen LogP contribution >= 0.6 is 24.0 Å². The number of H-pyrrole nitrogens is 1. The van der Waals surface area contributed by atoms with Gasteiger partial charge in [0.05, 0.1) is 5.75 Å². The molecule has 3 rings (SSSR count). The van der Waals surface area contributed by atoms with Crippen molar-refractivity contribution in [2.45, 2.75) is 24.9 Å². The third-order valence-corrected chi connectivity index (χ3v) is 4.96. The van der Waals surface area contributed by atoms with Gasteiger partial charge in [0.1, 0.15) is 5.82 Å². The topological polar surface area (TPSA) is 33.6 Å². The molecule has 23 heavy (non-hydrogen) atoms. The van der Waals surface area contributed by atoms with Crippen molar-refractivity contribution >= 4 is 24.0 Å². The zero-order valence-corrected chi connectivity index (χ0v) is 14.7. The highest BCUT2D eigenvalue weighted by molar-refractivity contribution is 7.97. The van der Waals surface area contributed by atoms with Gasteiger partial charge in [-0.25, -0.2) is 0 Å². The molecule has 0 radical (unpaired) electrons. The number of aromatic nitrogens is 3. The summed E-state index contributed by atoms with van der Waals surface area (Å²) in [4.78, 5) is 0. The van der Waals surface area contributed by atoms with Gasteiger partial charge in [-0.15, -0.1) is 11.8 Å². The van der Waals surface area contributed by atoms with Crippen LogP contribution in [0.5, 0.6) is 0 Å². The average molecular weight is 342 g/mol. The van der Waals surface area contributed by atoms with Crippen LogP contribution in [-0.4, -0.2) is 14.8 Å². The van der Waals surface area contributed by atoms with Gasteiger partial charge < -0.3 is 0 Å². The van der Waals surface area contributed by atoms with Gasteiger partial charge in [-0.1, -0.05) is 49.4 Å². The molecule has 0 amide bonds. The Morgan fingerprint density at radius 2 is 1.74 bits per heavy atom. The molecule has 0 atom stereocenters. The summed E-state index contributed by atoms with van der Waals surface area (Å²) in [5.41, 5.74) is 3.71. The van der Waals surface area contributed by atoms with Gasteiger partial charge in [0.15, 0.2) is 4.77 Å². The van der Waals surface area contributed by atoms with Gasteiger partial charge in [0.25, 0.3) is 0 Å². The monoisotopic (exact) mass is 341 g/mol. The number of aromatic amines is 1. The Balaban J connectivity index is 1.74. The molecule has 1 heterocycles. The fraction of sp³-hybridized carbons (Fsp3) is 0.222. The Hall–Kier alpha value is -1.85. The SMILES string of the molecule is CCc1ccc(-n2c(CSCc3ccccc3)n[nH]c2=S)cc1. The van der Waals surface area contributed by atoms with E-state index in [0.717, 1.165) is 29.4 Å². The number of nitrogens with one attached hydrogen (secondary N) is 1. The van der Waals surface area contributed by atoms with Crippen LogP contribution in [0.1, 0.15) is 23.9 Å². The minimum Gasteiger partial charge on any atom is -0.271 e. The Bertz CT molecular complexity index is 804. The van der Waals surface area contributed by atoms with E-state index in [2.05, 4.69) is 65.7 Å². The van der Waals surface area contributed by atoms with Crippen molar-refractivity contribution in [3.8, 4) is 5.69 Å². The van der Waals surface area contributed by atoms with Crippen LogP contribution in [0.15, 0.2) is 54.6 Å². The van der Waals surface area contributed by atoms with E-state index in [1.165, 1.54) is 11.1 Å². The molecule has 2 aromatic carbocycles. The van der Waals surface area contributed by atoms with E-state index < -0.39 is 0 Å². The minimum atomic E-state index is 0.643. The van der Waals surface area contributed by atoms with Crippen LogP contribution in [0.2, 0.25) is 0 Å². The lowest BCUT2D eigenvalue weighted by Gasteiger charge is -2.08. The molecule has 118 valence electrons. The van der Waals surface area contributed by atoms with E-state index in [1.54, 1.807) is 0 Å². The van der Waals surface area contributed by atoms with Crippen LogP contribution in [-0.2, 0) is 17.9 Å². The normalized spacial score (nSPS) is 10.8. The zero-order chi connectivity index (χ0) is 16.1. The van der Waals surface area contributed by atoms with E-state index >= 15 is 0 Å². The first kappa shape index (κ1) is 16.0. The predicted molar refractivity (Wildman–Crippen MR) is 99.6 cm³/mol. The van der Waals surface area contributed by atoms with E-state index in [-0.39, 0.29) is 0 Å². The zero-order valence-electron chi connectivity index (χ0n) is 13.0. The van der Waals surface area contributed by atoms with Gasteiger partial charge in [-0.3, -0.25) is 9.67 Å². The summed E-state index contributed by atoms with van der Waals surface area (Å²) >= 11 is 7.24. The summed E-state index contributed by atoms with van der Waals surface area (Å²) in [7, 11) is 0. The first-order valence-corrected chi connectivity index (χ1v) is 9.21. The fourth-order valence-corrected chi connectivity index (χ4v) is 3.57. The van der Waals surface area contributed by atoms with Crippen molar-refractivity contribution in [3.05, 3.63) is 76.3 Å². The highest BCUT2D eigenvalue weighted by Gasteiger charge is 2.08. The van der Waals surface area contributed by atoms with Gasteiger partial charge in [0, 0.05) is 11.4 Å². The quantitative estimate of drug-likeness (QED) is 0.646. The number of hydrogen-bond donors (Lipinski definition) is 1. The van der Waals surface area contributed by atoms with Crippen LogP contribution in [0.25, 0.3) is 5.69 Å². The standard InChI is InChI=1S/C18H19N3S2/c1-2-14-8-10-16(11-9-14)21-17(19-20-18(21)22)13-23-12-15-6-4-3-5-7-15/h3-11H,2,12-13H2,1H3,(H,20,22). The molecule has 0 unspecified atom stereocenters. The molecule has 0 spiro atoms. The number of rotatable bonds is 6. The minimum absolute atomic E-state index is 0.643. The second-order valence-corrected chi connectivity index (χ2v) is 6.65. The number of aryl methyl sites for hydroxylation is 1. The van der Waals surface area contributed by atoms with Crippen LogP contribution in [0, 0.1) is 4.77 Å². The summed E-state index contributed by atoms with van der Waals surface area (Å²) in [6, 6.07) is 19.0. The summed E-state index contributed by atoms with van der Waals surface area (Å²) in [5, 5.41) is 7.31. The Labute approximate surface area is 145 Å². The molecule has 0 aliphatic heterocycles. The first-order valence-electron chi connectivity index (χ1n) is 7.65. The summed E-state index contributed by atoms with van der Waals surface area (Å²) in [6.07, 6.45) is 1.04. The van der Waals surface area contributed by atoms with Crippen molar-refractivity contribution in [2.24, 2.45) is 0 Å². The maximum Gasteiger partial charge on any atom is 0.199 e. The van der Waals surface area contributed by atoms with Gasteiger partial charge in [-0.2, -0.15) is 5.10 Å². The predicted octanol–water partition coefficient (Wildman–Crippen LogP) is 4.93. The molecule has 3 aromatic rings. The van der Waals surface area contributed by atoms with Crippen LogP contribution in [0.3, 0.4) is 0 Å². The maximum atomic E-state index is 5.40. The molecular weight excluding hydrogens is 322 g/mol. The average Bonchev–Trinajstić information content (AvgIpc) is 2.97. The van der Waals surface area contributed by atoms with Crippen molar-refractivity contribution in [1.82, 2.24) is 14.8 Å². The van der Waals surface area contributed by atoms with Gasteiger partial charge in [0.2, 0.25) is 0 Å². The van der Waals surface area contributed by atoms with E-state index in [0.29, 0.717) is 4.77 Å². The second kappa shape index (κ2) is 7.62. The lowest BCUT2D eigenvalue weighted by atomic mass is 10.1. The van der Waals surface area contributed by atoms with E-state index in [4.69, 9.17) is 12.2 Å². The van der Waals surface area contributed by atoms with E-state index in [9.17, 15) is 0 Å². The number of nitrogens with zero attached hydrogens (tertiary/aromatic N) is 2. The summed E-state index contributed by atoms with van der Waals surface area (Å²) in [5.74, 6) is 2.74. The molecule has 0 fully saturated rings. The third kappa shape index (κ3) is 3.92. The molecule has 5 heteroatoms. The Morgan fingerprint density at radius 3 is 2.43 bits per heavy atom. The molecule has 0 aliphatic rings. The first-order chi connectivity index (χ1) is 11.3. The summed E-state index contributed by atoms with van der Waals surface area (Å²) < 4.78 is 2.66. The number of hydrogen-bond acceptors (Lipinski definition) is 3. The summed E-state index contributed by atoms with van der Waals surface area (Å²) in [6.45, 7) is 2.16. The molecule has 0 aliphatic carbocycles. The molecule has 0 saturated heterocycles. The largest absolute Gasteiger partial charge is 0.271 e. The molecule has 3 nitrogen and oxygen atoms in total.